The molecule has 7 fully saturated rings. The molecule has 79 heavy (non-hydrogen) atoms. The minimum absolute atomic E-state index is 0.0163. The molecule has 7 aliphatic heterocycles. The fourth-order valence-corrected chi connectivity index (χ4v) is 10.1. The van der Waals surface area contributed by atoms with Crippen LogP contribution in [-0.2, 0) is 33.5 Å². The Labute approximate surface area is 461 Å². The highest BCUT2D eigenvalue weighted by atomic mass is 32.2. The van der Waals surface area contributed by atoms with Gasteiger partial charge >= 0.3 is 6.09 Å². The second-order valence-electron chi connectivity index (χ2n) is 21.0. The Morgan fingerprint density at radius 2 is 1.04 bits per heavy atom. The van der Waals surface area contributed by atoms with Crippen LogP contribution in [-0.4, -0.2) is 183 Å². The van der Waals surface area contributed by atoms with Crippen molar-refractivity contribution in [1.29, 1.82) is 0 Å². The summed E-state index contributed by atoms with van der Waals surface area (Å²) in [4.78, 5) is 20.1. The van der Waals surface area contributed by atoms with E-state index in [4.69, 9.17) is 33.9 Å². The number of aliphatic hydroxyl groups is 2. The number of piperazine rings is 2. The highest BCUT2D eigenvalue weighted by molar-refractivity contribution is 7.95. The second kappa shape index (κ2) is 28.5. The lowest BCUT2D eigenvalue weighted by Gasteiger charge is -2.37. The summed E-state index contributed by atoms with van der Waals surface area (Å²) in [6, 6.07) is 20.9. The molecule has 0 radical (unpaired) electrons. The fraction of sp³-hybridized carbons (Fsp3) is 0.526. The number of aromatic hydroxyl groups is 1. The Morgan fingerprint density at radius 1 is 0.620 bits per heavy atom. The lowest BCUT2D eigenvalue weighted by molar-refractivity contribution is -0.0936. The van der Waals surface area contributed by atoms with Crippen molar-refractivity contribution in [2.24, 2.45) is 5.92 Å². The number of halogens is 3. The first-order valence-electron chi connectivity index (χ1n) is 26.7. The van der Waals surface area contributed by atoms with Gasteiger partial charge < -0.3 is 73.4 Å². The molecule has 4 N–H and O–H groups in total. The number of nitrogens with one attached hydrogen (secondary N) is 1. The Kier molecular flexibility index (Phi) is 22.0. The summed E-state index contributed by atoms with van der Waals surface area (Å²) in [6.45, 7) is 22.5. The zero-order chi connectivity index (χ0) is 56.7. The highest BCUT2D eigenvalue weighted by Crippen LogP contribution is 2.35. The van der Waals surface area contributed by atoms with E-state index in [0.717, 1.165) is 37.8 Å². The largest absolute Gasteiger partial charge is 0.508 e. The van der Waals surface area contributed by atoms with Crippen LogP contribution in [0, 0.1) is 30.3 Å². The number of phenolic OH excluding ortho intramolecular Hbond substituents is 1. The van der Waals surface area contributed by atoms with Crippen LogP contribution >= 0.6 is 0 Å². The summed E-state index contributed by atoms with van der Waals surface area (Å²) in [5.41, 5.74) is 2.10. The molecule has 0 spiro atoms. The molecule has 0 bridgehead atoms. The van der Waals surface area contributed by atoms with Crippen molar-refractivity contribution < 1.29 is 74.9 Å². The Hall–Kier alpha value is -5.85. The number of piperidine rings is 1. The van der Waals surface area contributed by atoms with Crippen molar-refractivity contribution in [2.45, 2.75) is 75.4 Å². The molecule has 0 saturated carbocycles. The maximum atomic E-state index is 14.4. The minimum atomic E-state index is -3.57. The van der Waals surface area contributed by atoms with Gasteiger partial charge in [0.15, 0.2) is 0 Å². The highest BCUT2D eigenvalue weighted by Gasteiger charge is 2.31. The van der Waals surface area contributed by atoms with Crippen LogP contribution in [0.5, 0.6) is 17.2 Å². The van der Waals surface area contributed by atoms with E-state index in [1.165, 1.54) is 18.2 Å². The second-order valence-corrected chi connectivity index (χ2v) is 23.0. The van der Waals surface area contributed by atoms with E-state index in [2.05, 4.69) is 26.3 Å². The standard InChI is InChI=1S/C20H22FNO3S.C18H25FN2O4.C13H17FN2O2.2C3H6O2/c1-14-3-6-18(7-4-14)26(24,25)15(2)16-9-11-22(12-10-16)20-8-5-17(23)13-19(20)21;1-18(2,3)25-17(22)21-8-6-20(7-9-21)16-5-4-13(10-15(16)19)24-14-11-23-12-14;14-12-7-10(18-11-8-17-9-11)1-2-13(12)16-5-3-15-4-6-16;2*4-3-1-5-2-3/h3-8,13,16,23H,2,9-12H2,1H3;4-5,10,14H,6-9,11-12H2,1-3H3;1-2,7,11,15H,3-6,8-9H2;2*3-4H,1-2H2. The third-order valence-corrected chi connectivity index (χ3v) is 15.4. The van der Waals surface area contributed by atoms with Crippen LogP contribution in [0.25, 0.3) is 0 Å². The van der Waals surface area contributed by atoms with Gasteiger partial charge in [-0.2, -0.15) is 0 Å². The van der Waals surface area contributed by atoms with E-state index in [0.29, 0.717) is 134 Å². The zero-order valence-corrected chi connectivity index (χ0v) is 46.3. The minimum Gasteiger partial charge on any atom is -0.508 e. The maximum Gasteiger partial charge on any atom is 0.410 e. The van der Waals surface area contributed by atoms with E-state index < -0.39 is 21.3 Å². The molecule has 1 amide bonds. The topological polar surface area (TPSA) is 201 Å². The summed E-state index contributed by atoms with van der Waals surface area (Å²) in [5, 5.41) is 29.2. The summed E-state index contributed by atoms with van der Waals surface area (Å²) >= 11 is 0. The van der Waals surface area contributed by atoms with E-state index in [-0.39, 0.29) is 63.6 Å². The monoisotopic (exact) mass is 1130 g/mol. The van der Waals surface area contributed by atoms with Crippen molar-refractivity contribution >= 4 is 33.0 Å². The molecule has 22 heteroatoms. The predicted octanol–water partition coefficient (Wildman–Crippen LogP) is 6.47. The smallest absolute Gasteiger partial charge is 0.410 e. The van der Waals surface area contributed by atoms with Gasteiger partial charge in [0.05, 0.1) is 74.8 Å². The molecule has 0 unspecified atom stereocenters. The van der Waals surface area contributed by atoms with E-state index in [1.54, 1.807) is 53.4 Å². The molecule has 7 heterocycles. The Bertz CT molecular complexity index is 2690. The number of aryl methyl sites for hydroxylation is 1. The third-order valence-electron chi connectivity index (χ3n) is 13.5. The normalized spacial score (nSPS) is 19.1. The molecule has 0 aromatic heterocycles. The van der Waals surface area contributed by atoms with Crippen LogP contribution in [0.1, 0.15) is 39.2 Å². The van der Waals surface area contributed by atoms with Gasteiger partial charge in [0.2, 0.25) is 9.84 Å². The molecule has 0 aliphatic carbocycles. The van der Waals surface area contributed by atoms with Crippen molar-refractivity contribution in [3.8, 4) is 17.2 Å². The maximum absolute atomic E-state index is 14.4. The average molecular weight is 1130 g/mol. The number of rotatable bonds is 10. The van der Waals surface area contributed by atoms with Gasteiger partial charge in [-0.1, -0.05) is 24.3 Å². The van der Waals surface area contributed by atoms with Crippen LogP contribution < -0.4 is 29.5 Å². The van der Waals surface area contributed by atoms with Gasteiger partial charge in [-0.05, 0) is 95.0 Å². The number of allylic oxidation sites excluding steroid dienone is 1. The lowest BCUT2D eigenvalue weighted by Crippen LogP contribution is -2.50. The molecule has 7 saturated heterocycles. The number of sulfone groups is 1. The Balaban J connectivity index is 0.000000158. The first-order chi connectivity index (χ1) is 37.7. The number of carbonyl (C=O) groups excluding carboxylic acids is 1. The molecule has 7 aliphatic rings. The number of phenols is 1. The van der Waals surface area contributed by atoms with Crippen molar-refractivity contribution in [3.05, 3.63) is 113 Å². The number of amides is 1. The summed E-state index contributed by atoms with van der Waals surface area (Å²) in [5.74, 6) is -0.175. The number of hydrogen-bond donors (Lipinski definition) is 4. The number of nitrogens with zero attached hydrogens (tertiary/aromatic N) is 4. The first kappa shape index (κ1) is 60.8. The molecular weight excluding hydrogens is 1050 g/mol. The van der Waals surface area contributed by atoms with E-state index in [1.807, 2.05) is 43.6 Å². The van der Waals surface area contributed by atoms with Crippen molar-refractivity contribution in [2.75, 3.05) is 133 Å². The quantitative estimate of drug-likeness (QED) is 0.134. The molecule has 4 aromatic rings. The molecule has 18 nitrogen and oxygen atoms in total. The molecular formula is C57H76F3N5O13S. The fourth-order valence-electron chi connectivity index (χ4n) is 8.68. The SMILES string of the molecule is C=C(C1CCN(c2ccc(O)cc2F)CC1)S(=O)(=O)c1ccc(C)cc1.CC(C)(C)OC(=O)N1CCN(c2ccc(OC3COC3)cc2F)CC1.Fc1cc(OC2COC2)ccc1N1CCNCC1.OC1COC1.OC1COC1. The van der Waals surface area contributed by atoms with Crippen molar-refractivity contribution in [1.82, 2.24) is 10.2 Å². The van der Waals surface area contributed by atoms with Gasteiger partial charge in [-0.3, -0.25) is 0 Å². The number of anilines is 3. The summed E-state index contributed by atoms with van der Waals surface area (Å²) in [7, 11) is -3.57. The number of aliphatic hydroxyl groups excluding tert-OH is 2. The van der Waals surface area contributed by atoms with Crippen LogP contribution in [0.4, 0.5) is 35.0 Å². The van der Waals surface area contributed by atoms with Crippen LogP contribution in [0.15, 0.2) is 95.2 Å². The van der Waals surface area contributed by atoms with Gasteiger partial charge in [-0.25, -0.2) is 26.4 Å². The van der Waals surface area contributed by atoms with Gasteiger partial charge in [0, 0.05) is 88.6 Å². The summed E-state index contributed by atoms with van der Waals surface area (Å²) < 4.78 is 104. The van der Waals surface area contributed by atoms with Crippen LogP contribution in [0.3, 0.4) is 0 Å². The summed E-state index contributed by atoms with van der Waals surface area (Å²) in [6.07, 6.45) is 0.634. The van der Waals surface area contributed by atoms with Crippen molar-refractivity contribution in [3.63, 3.8) is 0 Å². The van der Waals surface area contributed by atoms with E-state index in [9.17, 15) is 31.5 Å². The third kappa shape index (κ3) is 18.1. The van der Waals surface area contributed by atoms with Gasteiger partial charge in [-0.15, -0.1) is 0 Å². The van der Waals surface area contributed by atoms with E-state index >= 15 is 0 Å². The average Bonchev–Trinajstić information content (AvgIpc) is 3.39. The predicted molar refractivity (Wildman–Crippen MR) is 293 cm³/mol. The van der Waals surface area contributed by atoms with Crippen LogP contribution in [0.2, 0.25) is 0 Å². The first-order valence-corrected chi connectivity index (χ1v) is 28.2. The molecule has 0 atom stereocenters. The number of benzene rings is 4. The zero-order valence-electron chi connectivity index (χ0n) is 45.5. The number of hydrogen-bond acceptors (Lipinski definition) is 17. The molecule has 11 rings (SSSR count). The lowest BCUT2D eigenvalue weighted by atomic mass is 9.96. The molecule has 4 aromatic carbocycles. The number of ether oxygens (including phenoxy) is 7. The van der Waals surface area contributed by atoms with Gasteiger partial charge in [0.25, 0.3) is 0 Å². The van der Waals surface area contributed by atoms with Gasteiger partial charge in [0.1, 0.15) is 64.7 Å². The molecule has 434 valence electrons. The number of carbonyl (C=O) groups is 1. The Morgan fingerprint density at radius 3 is 1.43 bits per heavy atom.